The highest BCUT2D eigenvalue weighted by Gasteiger charge is 2.27. The fourth-order valence-corrected chi connectivity index (χ4v) is 2.44. The molecule has 102 valence electrons. The second-order valence-electron chi connectivity index (χ2n) is 6.30. The third kappa shape index (κ3) is 5.36. The topological polar surface area (TPSA) is 24.5 Å². The fraction of sp³-hybridized carbons (Fsp3) is 1.00. The van der Waals surface area contributed by atoms with Crippen LogP contribution >= 0.6 is 0 Å². The van der Waals surface area contributed by atoms with E-state index in [-0.39, 0.29) is 5.54 Å². The Hall–Kier alpha value is -0.120. The zero-order valence-corrected chi connectivity index (χ0v) is 12.3. The summed E-state index contributed by atoms with van der Waals surface area (Å²) in [6.07, 6.45) is 2.66. The predicted octanol–water partition coefficient (Wildman–Crippen LogP) is 2.12. The minimum absolute atomic E-state index is 0.190. The zero-order valence-electron chi connectivity index (χ0n) is 12.3. The molecule has 0 aromatic heterocycles. The smallest absolute Gasteiger partial charge is 0.0630 e. The first-order chi connectivity index (χ1) is 7.96. The van der Waals surface area contributed by atoms with E-state index in [1.807, 2.05) is 0 Å². The number of likely N-dealkylation sites (tertiary alicyclic amines) is 1. The fourth-order valence-electron chi connectivity index (χ4n) is 2.44. The summed E-state index contributed by atoms with van der Waals surface area (Å²) in [4.78, 5) is 2.59. The molecule has 1 heterocycles. The van der Waals surface area contributed by atoms with Gasteiger partial charge in [-0.15, -0.1) is 0 Å². The van der Waals surface area contributed by atoms with E-state index < -0.39 is 0 Å². The summed E-state index contributed by atoms with van der Waals surface area (Å²) in [6.45, 7) is 13.3. The first-order valence-electron chi connectivity index (χ1n) is 6.94. The van der Waals surface area contributed by atoms with Gasteiger partial charge in [0, 0.05) is 31.8 Å². The third-order valence-corrected chi connectivity index (χ3v) is 3.64. The van der Waals surface area contributed by atoms with Gasteiger partial charge in [0.2, 0.25) is 0 Å². The van der Waals surface area contributed by atoms with Gasteiger partial charge in [0.15, 0.2) is 0 Å². The van der Waals surface area contributed by atoms with E-state index in [9.17, 15) is 0 Å². The normalized spacial score (nSPS) is 24.2. The average Bonchev–Trinajstić information content (AvgIpc) is 2.71. The summed E-state index contributed by atoms with van der Waals surface area (Å²) in [5, 5.41) is 3.59. The minimum Gasteiger partial charge on any atom is -0.383 e. The average molecular weight is 242 g/mol. The lowest BCUT2D eigenvalue weighted by Gasteiger charge is -2.31. The van der Waals surface area contributed by atoms with Crippen LogP contribution in [0.2, 0.25) is 0 Å². The van der Waals surface area contributed by atoms with Gasteiger partial charge in [-0.3, -0.25) is 4.90 Å². The van der Waals surface area contributed by atoms with Gasteiger partial charge >= 0.3 is 0 Å². The van der Waals surface area contributed by atoms with Crippen molar-refractivity contribution >= 4 is 0 Å². The highest BCUT2D eigenvalue weighted by atomic mass is 16.5. The Morgan fingerprint density at radius 2 is 2.12 bits per heavy atom. The zero-order chi connectivity index (χ0) is 12.9. The number of hydrogen-bond acceptors (Lipinski definition) is 3. The Morgan fingerprint density at radius 3 is 2.59 bits per heavy atom. The van der Waals surface area contributed by atoms with E-state index in [1.54, 1.807) is 7.11 Å². The van der Waals surface area contributed by atoms with Crippen molar-refractivity contribution in [1.29, 1.82) is 0 Å². The molecule has 1 aliphatic heterocycles. The number of nitrogens with one attached hydrogen (secondary N) is 1. The maximum atomic E-state index is 5.37. The lowest BCUT2D eigenvalue weighted by Crippen LogP contribution is -2.49. The van der Waals surface area contributed by atoms with Crippen molar-refractivity contribution < 1.29 is 4.74 Å². The molecule has 1 fully saturated rings. The Kier molecular flexibility index (Phi) is 5.90. The van der Waals surface area contributed by atoms with Gasteiger partial charge in [0.25, 0.3) is 0 Å². The Labute approximate surface area is 107 Å². The Bertz CT molecular complexity index is 213. The van der Waals surface area contributed by atoms with Crippen molar-refractivity contribution in [1.82, 2.24) is 10.2 Å². The number of hydrogen-bond donors (Lipinski definition) is 1. The molecule has 0 amide bonds. The van der Waals surface area contributed by atoms with Gasteiger partial charge < -0.3 is 10.1 Å². The van der Waals surface area contributed by atoms with Crippen molar-refractivity contribution in [2.24, 2.45) is 5.92 Å². The van der Waals surface area contributed by atoms with Gasteiger partial charge in [-0.25, -0.2) is 0 Å². The van der Waals surface area contributed by atoms with Gasteiger partial charge in [0.1, 0.15) is 0 Å². The first kappa shape index (κ1) is 14.9. The summed E-state index contributed by atoms with van der Waals surface area (Å²) in [6, 6.07) is 0.524. The predicted molar refractivity (Wildman–Crippen MR) is 73.4 cm³/mol. The van der Waals surface area contributed by atoms with Gasteiger partial charge in [-0.2, -0.15) is 0 Å². The number of rotatable bonds is 6. The molecule has 0 radical (unpaired) electrons. The molecule has 1 N–H and O–H groups in total. The molecular weight excluding hydrogens is 212 g/mol. The second-order valence-corrected chi connectivity index (χ2v) is 6.30. The molecule has 0 aromatic rings. The van der Waals surface area contributed by atoms with Crippen molar-refractivity contribution in [2.75, 3.05) is 33.4 Å². The van der Waals surface area contributed by atoms with Crippen molar-refractivity contribution in [3.05, 3.63) is 0 Å². The number of nitrogens with zero attached hydrogens (tertiary/aromatic N) is 1. The van der Waals surface area contributed by atoms with E-state index in [1.165, 1.54) is 25.9 Å². The summed E-state index contributed by atoms with van der Waals surface area (Å²) in [5.74, 6) is 0.893. The molecular formula is C14H30N2O. The third-order valence-electron chi connectivity index (χ3n) is 3.64. The molecule has 0 aromatic carbocycles. The molecule has 0 aliphatic carbocycles. The van der Waals surface area contributed by atoms with Gasteiger partial charge in [-0.1, -0.05) is 13.3 Å². The van der Waals surface area contributed by atoms with Crippen molar-refractivity contribution in [3.8, 4) is 0 Å². The molecule has 0 spiro atoms. The van der Waals surface area contributed by atoms with Crippen LogP contribution in [0.15, 0.2) is 0 Å². The van der Waals surface area contributed by atoms with Gasteiger partial charge in [0.05, 0.1) is 6.61 Å². The van der Waals surface area contributed by atoms with Crippen LogP contribution in [0.4, 0.5) is 0 Å². The standard InChI is InChI=1S/C14H30N2O/c1-6-12-7-8-16(10-12)13(11-17-5)9-15-14(2,3)4/h12-13,15H,6-11H2,1-5H3. The molecule has 0 saturated carbocycles. The maximum Gasteiger partial charge on any atom is 0.0630 e. The summed E-state index contributed by atoms with van der Waals surface area (Å²) < 4.78 is 5.37. The van der Waals surface area contributed by atoms with Crippen LogP contribution < -0.4 is 5.32 Å². The molecule has 1 rings (SSSR count). The van der Waals surface area contributed by atoms with E-state index in [0.29, 0.717) is 6.04 Å². The van der Waals surface area contributed by atoms with Crippen LogP contribution in [-0.4, -0.2) is 49.8 Å². The van der Waals surface area contributed by atoms with Crippen LogP contribution in [0.3, 0.4) is 0 Å². The van der Waals surface area contributed by atoms with Crippen molar-refractivity contribution in [3.63, 3.8) is 0 Å². The summed E-state index contributed by atoms with van der Waals surface area (Å²) >= 11 is 0. The maximum absolute atomic E-state index is 5.37. The highest BCUT2D eigenvalue weighted by Crippen LogP contribution is 2.21. The number of methoxy groups -OCH3 is 1. The van der Waals surface area contributed by atoms with Crippen LogP contribution in [0.1, 0.15) is 40.5 Å². The largest absolute Gasteiger partial charge is 0.383 e. The summed E-state index contributed by atoms with van der Waals surface area (Å²) in [7, 11) is 1.80. The van der Waals surface area contributed by atoms with Crippen molar-refractivity contribution in [2.45, 2.75) is 52.1 Å². The highest BCUT2D eigenvalue weighted by molar-refractivity contribution is 4.84. The van der Waals surface area contributed by atoms with E-state index >= 15 is 0 Å². The number of ether oxygens (including phenoxy) is 1. The Morgan fingerprint density at radius 1 is 1.41 bits per heavy atom. The molecule has 1 aliphatic rings. The molecule has 3 heteroatoms. The SMILES string of the molecule is CCC1CCN(C(CNC(C)(C)C)COC)C1. The first-order valence-corrected chi connectivity index (χ1v) is 6.94. The quantitative estimate of drug-likeness (QED) is 0.772. The molecule has 1 saturated heterocycles. The van der Waals surface area contributed by atoms with Crippen LogP contribution in [-0.2, 0) is 4.74 Å². The lowest BCUT2D eigenvalue weighted by molar-refractivity contribution is 0.0977. The van der Waals surface area contributed by atoms with E-state index in [4.69, 9.17) is 4.74 Å². The van der Waals surface area contributed by atoms with Gasteiger partial charge in [-0.05, 0) is 39.7 Å². The van der Waals surface area contributed by atoms with Crippen LogP contribution in [0.25, 0.3) is 0 Å². The minimum atomic E-state index is 0.190. The molecule has 2 atom stereocenters. The lowest BCUT2D eigenvalue weighted by atomic mass is 10.1. The molecule has 0 bridgehead atoms. The van der Waals surface area contributed by atoms with Crippen LogP contribution in [0, 0.1) is 5.92 Å². The monoisotopic (exact) mass is 242 g/mol. The Balaban J connectivity index is 2.42. The molecule has 17 heavy (non-hydrogen) atoms. The van der Waals surface area contributed by atoms with E-state index in [2.05, 4.69) is 37.9 Å². The second kappa shape index (κ2) is 6.72. The molecule has 2 unspecified atom stereocenters. The summed E-state index contributed by atoms with van der Waals surface area (Å²) in [5.41, 5.74) is 0.190. The van der Waals surface area contributed by atoms with E-state index in [0.717, 1.165) is 19.1 Å². The van der Waals surface area contributed by atoms with Crippen LogP contribution in [0.5, 0.6) is 0 Å². The molecule has 3 nitrogen and oxygen atoms in total.